The van der Waals surface area contributed by atoms with Crippen molar-refractivity contribution in [2.45, 2.75) is 12.1 Å². The number of nitrogens with zero attached hydrogens (tertiary/aromatic N) is 1. The summed E-state index contributed by atoms with van der Waals surface area (Å²) in [4.78, 5) is 38.2. The van der Waals surface area contributed by atoms with E-state index in [0.717, 1.165) is 4.90 Å². The number of rotatable bonds is 7. The predicted molar refractivity (Wildman–Crippen MR) is 82.9 cm³/mol. The quantitative estimate of drug-likeness (QED) is 0.434. The smallest absolute Gasteiger partial charge is 0.332 e. The van der Waals surface area contributed by atoms with Crippen molar-refractivity contribution >= 4 is 17.8 Å². The van der Waals surface area contributed by atoms with E-state index in [2.05, 4.69) is 13.2 Å². The van der Waals surface area contributed by atoms with Crippen molar-refractivity contribution in [3.63, 3.8) is 0 Å². The molecule has 6 nitrogen and oxygen atoms in total. The van der Waals surface area contributed by atoms with Gasteiger partial charge in [0.1, 0.15) is 6.10 Å². The Morgan fingerprint density at radius 3 is 2.22 bits per heavy atom. The van der Waals surface area contributed by atoms with Gasteiger partial charge in [0.05, 0.1) is 24.8 Å². The van der Waals surface area contributed by atoms with Crippen LogP contribution in [-0.4, -0.2) is 48.5 Å². The molecule has 0 bridgehead atoms. The molecule has 1 aromatic carbocycles. The van der Waals surface area contributed by atoms with Gasteiger partial charge in [0.15, 0.2) is 6.04 Å². The van der Waals surface area contributed by atoms with Gasteiger partial charge >= 0.3 is 5.97 Å². The van der Waals surface area contributed by atoms with Crippen molar-refractivity contribution in [1.29, 1.82) is 0 Å². The second-order valence-electron chi connectivity index (χ2n) is 4.82. The van der Waals surface area contributed by atoms with Crippen LogP contribution in [0.25, 0.3) is 0 Å². The molecule has 0 saturated carbocycles. The minimum Gasteiger partial charge on any atom is -0.467 e. The molecule has 0 spiro atoms. The molecule has 1 aromatic rings. The van der Waals surface area contributed by atoms with E-state index in [1.807, 2.05) is 0 Å². The maximum absolute atomic E-state index is 12.6. The number of benzene rings is 1. The van der Waals surface area contributed by atoms with E-state index in [9.17, 15) is 14.4 Å². The van der Waals surface area contributed by atoms with Gasteiger partial charge in [0.2, 0.25) is 0 Å². The number of carbonyl (C=O) groups is 3. The van der Waals surface area contributed by atoms with E-state index in [4.69, 9.17) is 9.47 Å². The molecule has 6 heteroatoms. The maximum atomic E-state index is 12.6. The molecule has 0 saturated heterocycles. The fourth-order valence-electron chi connectivity index (χ4n) is 2.43. The van der Waals surface area contributed by atoms with Gasteiger partial charge in [0.25, 0.3) is 11.8 Å². The van der Waals surface area contributed by atoms with E-state index in [1.165, 1.54) is 31.4 Å². The van der Waals surface area contributed by atoms with Gasteiger partial charge in [-0.2, -0.15) is 0 Å². The van der Waals surface area contributed by atoms with E-state index in [0.29, 0.717) is 0 Å². The molecule has 23 heavy (non-hydrogen) atoms. The fourth-order valence-corrected chi connectivity index (χ4v) is 2.43. The first-order valence-electron chi connectivity index (χ1n) is 6.96. The number of hydrogen-bond acceptors (Lipinski definition) is 5. The van der Waals surface area contributed by atoms with Gasteiger partial charge < -0.3 is 9.47 Å². The molecule has 0 fully saturated rings. The highest BCUT2D eigenvalue weighted by Gasteiger charge is 2.46. The van der Waals surface area contributed by atoms with E-state index in [1.54, 1.807) is 12.1 Å². The first-order valence-corrected chi connectivity index (χ1v) is 6.96. The SMILES string of the molecule is C=CCO[C@@H](C=C)[C@H](C(=O)OC)N1C(=O)c2ccccc2C1=O. The third kappa shape index (κ3) is 2.93. The highest BCUT2D eigenvalue weighted by molar-refractivity contribution is 6.22. The van der Waals surface area contributed by atoms with Crippen molar-refractivity contribution in [2.24, 2.45) is 0 Å². The Morgan fingerprint density at radius 2 is 1.78 bits per heavy atom. The molecule has 1 heterocycles. The lowest BCUT2D eigenvalue weighted by Crippen LogP contribution is -2.52. The molecule has 1 aliphatic rings. The molecule has 2 amide bonds. The molecule has 1 aliphatic heterocycles. The molecular weight excluding hydrogens is 298 g/mol. The lowest BCUT2D eigenvalue weighted by atomic mass is 10.1. The fraction of sp³-hybridized carbons (Fsp3) is 0.235. The van der Waals surface area contributed by atoms with Crippen molar-refractivity contribution < 1.29 is 23.9 Å². The normalized spacial score (nSPS) is 15.8. The topological polar surface area (TPSA) is 72.9 Å². The summed E-state index contributed by atoms with van der Waals surface area (Å²) >= 11 is 0. The first kappa shape index (κ1) is 16.6. The van der Waals surface area contributed by atoms with Gasteiger partial charge in [-0.25, -0.2) is 4.79 Å². The van der Waals surface area contributed by atoms with Gasteiger partial charge in [-0.15, -0.1) is 13.2 Å². The Labute approximate surface area is 134 Å². The van der Waals surface area contributed by atoms with Crippen LogP contribution in [-0.2, 0) is 14.3 Å². The Bertz CT molecular complexity index is 632. The van der Waals surface area contributed by atoms with E-state index >= 15 is 0 Å². The van der Waals surface area contributed by atoms with Crippen LogP contribution in [0.2, 0.25) is 0 Å². The average molecular weight is 315 g/mol. The minimum atomic E-state index is -1.25. The number of carbonyl (C=O) groups excluding carboxylic acids is 3. The van der Waals surface area contributed by atoms with Crippen LogP contribution in [0, 0.1) is 0 Å². The van der Waals surface area contributed by atoms with Crippen LogP contribution in [0.15, 0.2) is 49.6 Å². The van der Waals surface area contributed by atoms with E-state index in [-0.39, 0.29) is 17.7 Å². The standard InChI is InChI=1S/C17H17NO5/c1-4-10-23-13(5-2)14(17(21)22-3)18-15(19)11-8-6-7-9-12(11)16(18)20/h4-9,13-14H,1-2,10H2,3H3/t13-,14+/m0/s1. The summed E-state index contributed by atoms with van der Waals surface area (Å²) in [5.41, 5.74) is 0.496. The lowest BCUT2D eigenvalue weighted by Gasteiger charge is -2.29. The number of hydrogen-bond donors (Lipinski definition) is 0. The lowest BCUT2D eigenvalue weighted by molar-refractivity contribution is -0.149. The largest absolute Gasteiger partial charge is 0.467 e. The summed E-state index contributed by atoms with van der Waals surface area (Å²) in [7, 11) is 1.18. The number of amides is 2. The molecule has 0 aromatic heterocycles. The van der Waals surface area contributed by atoms with Gasteiger partial charge in [-0.05, 0) is 12.1 Å². The number of fused-ring (bicyclic) bond motifs is 1. The predicted octanol–water partition coefficient (Wildman–Crippen LogP) is 1.58. The third-order valence-corrected chi connectivity index (χ3v) is 3.50. The van der Waals surface area contributed by atoms with Crippen LogP contribution in [0.5, 0.6) is 0 Å². The molecule has 0 aliphatic carbocycles. The zero-order valence-corrected chi connectivity index (χ0v) is 12.7. The zero-order valence-electron chi connectivity index (χ0n) is 12.7. The molecular formula is C17H17NO5. The monoisotopic (exact) mass is 315 g/mol. The van der Waals surface area contributed by atoms with Crippen LogP contribution < -0.4 is 0 Å². The molecule has 0 radical (unpaired) electrons. The number of esters is 1. The first-order chi connectivity index (χ1) is 11.1. The Hall–Kier alpha value is -2.73. The molecule has 2 rings (SSSR count). The summed E-state index contributed by atoms with van der Waals surface area (Å²) in [5.74, 6) is -1.88. The van der Waals surface area contributed by atoms with Gasteiger partial charge in [-0.3, -0.25) is 14.5 Å². The second kappa shape index (κ2) is 7.02. The molecule has 0 unspecified atom stereocenters. The number of imide groups is 1. The maximum Gasteiger partial charge on any atom is 0.332 e. The Morgan fingerprint density at radius 1 is 1.22 bits per heavy atom. The van der Waals surface area contributed by atoms with Crippen LogP contribution in [0.4, 0.5) is 0 Å². The average Bonchev–Trinajstić information content (AvgIpc) is 2.83. The Kier molecular flexibility index (Phi) is 5.08. The van der Waals surface area contributed by atoms with Gasteiger partial charge in [0, 0.05) is 0 Å². The van der Waals surface area contributed by atoms with Crippen molar-refractivity contribution in [3.05, 3.63) is 60.7 Å². The van der Waals surface area contributed by atoms with Gasteiger partial charge in [-0.1, -0.05) is 24.3 Å². The summed E-state index contributed by atoms with van der Waals surface area (Å²) in [6.07, 6.45) is 1.95. The number of methoxy groups -OCH3 is 1. The van der Waals surface area contributed by atoms with E-state index < -0.39 is 29.9 Å². The highest BCUT2D eigenvalue weighted by Crippen LogP contribution is 2.27. The summed E-state index contributed by atoms with van der Waals surface area (Å²) in [6, 6.07) is 5.14. The molecule has 120 valence electrons. The summed E-state index contributed by atoms with van der Waals surface area (Å²) in [6.45, 7) is 7.27. The van der Waals surface area contributed by atoms with Crippen LogP contribution in [0.1, 0.15) is 20.7 Å². The van der Waals surface area contributed by atoms with Crippen molar-refractivity contribution in [2.75, 3.05) is 13.7 Å². The Balaban J connectivity index is 2.43. The summed E-state index contributed by atoms with van der Waals surface area (Å²) < 4.78 is 10.2. The van der Waals surface area contributed by atoms with Crippen molar-refractivity contribution in [3.8, 4) is 0 Å². The van der Waals surface area contributed by atoms with Crippen LogP contribution in [0.3, 0.4) is 0 Å². The van der Waals surface area contributed by atoms with Crippen LogP contribution >= 0.6 is 0 Å². The second-order valence-corrected chi connectivity index (χ2v) is 4.82. The summed E-state index contributed by atoms with van der Waals surface area (Å²) in [5, 5.41) is 0. The zero-order chi connectivity index (χ0) is 17.0. The number of ether oxygens (including phenoxy) is 2. The molecule has 0 N–H and O–H groups in total. The highest BCUT2D eigenvalue weighted by atomic mass is 16.5. The third-order valence-electron chi connectivity index (χ3n) is 3.50. The van der Waals surface area contributed by atoms with Crippen molar-refractivity contribution in [1.82, 2.24) is 4.90 Å². The minimum absolute atomic E-state index is 0.132. The molecule has 2 atom stereocenters.